The SMILES string of the molecule is CCCCCC1CCC(C2CCC(CCC3CCC(C4CCC(CC)CC4F)CC3)C(F)C2F)CC1. The van der Waals surface area contributed by atoms with Crippen molar-refractivity contribution in [2.75, 3.05) is 0 Å². The quantitative estimate of drug-likeness (QED) is 0.256. The van der Waals surface area contributed by atoms with E-state index in [1.807, 2.05) is 0 Å². The smallest absolute Gasteiger partial charge is 0.134 e. The summed E-state index contributed by atoms with van der Waals surface area (Å²) in [5.41, 5.74) is 0. The molecule has 0 aromatic carbocycles. The molecule has 0 aromatic heterocycles. The molecule has 36 heavy (non-hydrogen) atoms. The van der Waals surface area contributed by atoms with Gasteiger partial charge in [-0.25, -0.2) is 13.2 Å². The van der Waals surface area contributed by atoms with E-state index in [1.165, 1.54) is 57.8 Å². The average molecular weight is 511 g/mol. The van der Waals surface area contributed by atoms with Crippen LogP contribution in [-0.4, -0.2) is 18.5 Å². The van der Waals surface area contributed by atoms with Crippen LogP contribution in [0.15, 0.2) is 0 Å². The summed E-state index contributed by atoms with van der Waals surface area (Å²) in [6.07, 6.45) is 19.5. The molecule has 7 atom stereocenters. The van der Waals surface area contributed by atoms with Gasteiger partial charge in [0.1, 0.15) is 18.5 Å². The van der Waals surface area contributed by atoms with Gasteiger partial charge in [-0.3, -0.25) is 0 Å². The van der Waals surface area contributed by atoms with Crippen LogP contribution in [0.3, 0.4) is 0 Å². The lowest BCUT2D eigenvalue weighted by Crippen LogP contribution is -2.42. The molecule has 4 saturated carbocycles. The van der Waals surface area contributed by atoms with E-state index in [0.29, 0.717) is 23.7 Å². The predicted octanol–water partition coefficient (Wildman–Crippen LogP) is 10.8. The first-order valence-corrected chi connectivity index (χ1v) is 16.4. The summed E-state index contributed by atoms with van der Waals surface area (Å²) >= 11 is 0. The summed E-state index contributed by atoms with van der Waals surface area (Å²) in [7, 11) is 0. The van der Waals surface area contributed by atoms with Crippen LogP contribution in [0, 0.1) is 47.3 Å². The van der Waals surface area contributed by atoms with Gasteiger partial charge in [0.05, 0.1) is 0 Å². The van der Waals surface area contributed by atoms with Crippen molar-refractivity contribution in [3.8, 4) is 0 Å². The van der Waals surface area contributed by atoms with Gasteiger partial charge < -0.3 is 0 Å². The number of unbranched alkanes of at least 4 members (excludes halogenated alkanes) is 2. The zero-order valence-electron chi connectivity index (χ0n) is 23.6. The second-order valence-electron chi connectivity index (χ2n) is 13.8. The third kappa shape index (κ3) is 7.46. The van der Waals surface area contributed by atoms with Crippen molar-refractivity contribution in [2.24, 2.45) is 47.3 Å². The Morgan fingerprint density at radius 1 is 0.528 bits per heavy atom. The third-order valence-corrected chi connectivity index (χ3v) is 11.7. The van der Waals surface area contributed by atoms with E-state index >= 15 is 8.78 Å². The molecule has 0 aliphatic heterocycles. The molecule has 4 aliphatic carbocycles. The Labute approximate surface area is 221 Å². The fraction of sp³-hybridized carbons (Fsp3) is 1.00. The van der Waals surface area contributed by atoms with Crippen molar-refractivity contribution in [3.63, 3.8) is 0 Å². The number of alkyl halides is 3. The van der Waals surface area contributed by atoms with Crippen LogP contribution in [0.2, 0.25) is 0 Å². The molecule has 210 valence electrons. The van der Waals surface area contributed by atoms with Crippen LogP contribution in [0.25, 0.3) is 0 Å². The first kappa shape index (κ1) is 28.8. The van der Waals surface area contributed by atoms with Crippen molar-refractivity contribution < 1.29 is 13.2 Å². The molecule has 0 amide bonds. The largest absolute Gasteiger partial charge is 0.247 e. The summed E-state index contributed by atoms with van der Waals surface area (Å²) in [5.74, 6) is 3.26. The lowest BCUT2D eigenvalue weighted by atomic mass is 9.65. The molecule has 0 saturated heterocycles. The minimum absolute atomic E-state index is 0.0280. The van der Waals surface area contributed by atoms with E-state index < -0.39 is 18.5 Å². The van der Waals surface area contributed by atoms with E-state index in [-0.39, 0.29) is 17.8 Å². The number of hydrogen-bond acceptors (Lipinski definition) is 0. The highest BCUT2D eigenvalue weighted by Gasteiger charge is 2.44. The van der Waals surface area contributed by atoms with Gasteiger partial charge in [0.25, 0.3) is 0 Å². The number of halogens is 3. The molecule has 0 aromatic rings. The van der Waals surface area contributed by atoms with E-state index in [4.69, 9.17) is 0 Å². The second-order valence-corrected chi connectivity index (χ2v) is 13.8. The van der Waals surface area contributed by atoms with Crippen molar-refractivity contribution >= 4 is 0 Å². The number of hydrogen-bond donors (Lipinski definition) is 0. The minimum Gasteiger partial charge on any atom is -0.247 e. The summed E-state index contributed by atoms with van der Waals surface area (Å²) < 4.78 is 45.4. The second kappa shape index (κ2) is 14.3. The van der Waals surface area contributed by atoms with Crippen LogP contribution in [0.1, 0.15) is 142 Å². The lowest BCUT2D eigenvalue weighted by molar-refractivity contribution is -0.0166. The Morgan fingerprint density at radius 2 is 1.11 bits per heavy atom. The van der Waals surface area contributed by atoms with Gasteiger partial charge >= 0.3 is 0 Å². The van der Waals surface area contributed by atoms with E-state index in [9.17, 15) is 4.39 Å². The molecular weight excluding hydrogens is 453 g/mol. The predicted molar refractivity (Wildman–Crippen MR) is 146 cm³/mol. The van der Waals surface area contributed by atoms with Crippen molar-refractivity contribution in [1.82, 2.24) is 0 Å². The maximum atomic E-state index is 15.3. The fourth-order valence-electron chi connectivity index (χ4n) is 9.09. The van der Waals surface area contributed by atoms with E-state index in [2.05, 4.69) is 13.8 Å². The monoisotopic (exact) mass is 510 g/mol. The summed E-state index contributed by atoms with van der Waals surface area (Å²) in [4.78, 5) is 0. The molecule has 4 aliphatic rings. The molecule has 0 spiro atoms. The molecule has 0 radical (unpaired) electrons. The van der Waals surface area contributed by atoms with E-state index in [1.54, 1.807) is 0 Å². The zero-order chi connectivity index (χ0) is 25.5. The maximum Gasteiger partial charge on any atom is 0.134 e. The van der Waals surface area contributed by atoms with Crippen LogP contribution in [-0.2, 0) is 0 Å². The Bertz CT molecular complexity index is 606. The molecule has 4 fully saturated rings. The van der Waals surface area contributed by atoms with Gasteiger partial charge in [-0.2, -0.15) is 0 Å². The Hall–Kier alpha value is -0.210. The van der Waals surface area contributed by atoms with Gasteiger partial charge in [-0.1, -0.05) is 78.1 Å². The Morgan fingerprint density at radius 3 is 1.72 bits per heavy atom. The maximum absolute atomic E-state index is 15.3. The Balaban J connectivity index is 1.14. The van der Waals surface area contributed by atoms with Crippen LogP contribution >= 0.6 is 0 Å². The highest BCUT2D eigenvalue weighted by Crippen LogP contribution is 2.47. The van der Waals surface area contributed by atoms with E-state index in [0.717, 1.165) is 76.5 Å². The highest BCUT2D eigenvalue weighted by molar-refractivity contribution is 4.93. The molecule has 0 bridgehead atoms. The highest BCUT2D eigenvalue weighted by atomic mass is 19.2. The fourth-order valence-corrected chi connectivity index (χ4v) is 9.09. The standard InChI is InChI=1S/C33H57F3/c1-3-5-6-7-24-8-16-27(17-9-24)30-21-19-28(32(35)33(30)36)18-12-25-10-14-26(15-11-25)29-20-13-23(4-2)22-31(29)34/h23-33H,3-22H2,1-2H3. The van der Waals surface area contributed by atoms with Crippen molar-refractivity contribution in [1.29, 1.82) is 0 Å². The van der Waals surface area contributed by atoms with Gasteiger partial charge in [0, 0.05) is 0 Å². The topological polar surface area (TPSA) is 0 Å². The first-order valence-electron chi connectivity index (χ1n) is 16.4. The van der Waals surface area contributed by atoms with Crippen LogP contribution in [0.4, 0.5) is 13.2 Å². The molecule has 4 rings (SSSR count). The molecule has 0 N–H and O–H groups in total. The molecule has 0 nitrogen and oxygen atoms in total. The molecular formula is C33H57F3. The van der Waals surface area contributed by atoms with Crippen LogP contribution < -0.4 is 0 Å². The minimum atomic E-state index is -1.25. The lowest BCUT2D eigenvalue weighted by Gasteiger charge is -2.42. The van der Waals surface area contributed by atoms with Gasteiger partial charge in [-0.05, 0) is 112 Å². The normalized spacial score (nSPS) is 44.4. The van der Waals surface area contributed by atoms with Gasteiger partial charge in [0.2, 0.25) is 0 Å². The summed E-state index contributed by atoms with van der Waals surface area (Å²) in [6, 6.07) is 0. The molecule has 0 heterocycles. The summed E-state index contributed by atoms with van der Waals surface area (Å²) in [5, 5.41) is 0. The van der Waals surface area contributed by atoms with Crippen LogP contribution in [0.5, 0.6) is 0 Å². The van der Waals surface area contributed by atoms with Crippen molar-refractivity contribution in [3.05, 3.63) is 0 Å². The number of rotatable bonds is 10. The zero-order valence-corrected chi connectivity index (χ0v) is 23.6. The average Bonchev–Trinajstić information content (AvgIpc) is 2.90. The summed E-state index contributed by atoms with van der Waals surface area (Å²) in [6.45, 7) is 4.45. The van der Waals surface area contributed by atoms with Crippen molar-refractivity contribution in [2.45, 2.75) is 161 Å². The van der Waals surface area contributed by atoms with Gasteiger partial charge in [-0.15, -0.1) is 0 Å². The third-order valence-electron chi connectivity index (χ3n) is 11.7. The van der Waals surface area contributed by atoms with Gasteiger partial charge in [0.15, 0.2) is 0 Å². The Kier molecular flexibility index (Phi) is 11.4. The molecule has 3 heteroatoms. The molecule has 7 unspecified atom stereocenters. The first-order chi connectivity index (χ1) is 17.5.